The minimum Gasteiger partial charge on any atom is -0.324 e. The van der Waals surface area contributed by atoms with Gasteiger partial charge < -0.3 is 5.32 Å². The predicted molar refractivity (Wildman–Crippen MR) is 97.7 cm³/mol. The van der Waals surface area contributed by atoms with Crippen molar-refractivity contribution < 1.29 is 4.79 Å². The van der Waals surface area contributed by atoms with E-state index in [1.54, 1.807) is 0 Å². The van der Waals surface area contributed by atoms with E-state index in [-0.39, 0.29) is 5.91 Å². The Hall–Kier alpha value is -1.65. The molecule has 1 aliphatic rings. The van der Waals surface area contributed by atoms with Crippen molar-refractivity contribution in [1.82, 2.24) is 4.90 Å². The number of carbonyl (C=O) groups excluding carboxylic acids is 1. The van der Waals surface area contributed by atoms with Gasteiger partial charge in [-0.1, -0.05) is 24.3 Å². The van der Waals surface area contributed by atoms with Crippen LogP contribution in [0.2, 0.25) is 0 Å². The smallest absolute Gasteiger partial charge is 0.238 e. The number of hydrogen-bond acceptors (Lipinski definition) is 2. The second-order valence-electron chi connectivity index (χ2n) is 6.19. The molecule has 1 N–H and O–H groups in total. The molecule has 3 nitrogen and oxygen atoms in total. The molecule has 2 aromatic rings. The number of hydrogen-bond donors (Lipinski definition) is 1. The molecule has 0 saturated carbocycles. The first-order valence-electron chi connectivity index (χ1n) is 7.88. The molecule has 23 heavy (non-hydrogen) atoms. The molecule has 0 radical (unpaired) electrons. The topological polar surface area (TPSA) is 32.3 Å². The molecule has 0 bridgehead atoms. The standard InChI is InChI=1S/C19H21BrN2O/c1-13-9-17(20)18(10-14(13)2)21-19(23)12-22-8-7-15-5-3-4-6-16(15)11-22/h3-6,9-10H,7-8,11-12H2,1-2H3,(H,21,23). The molecule has 0 atom stereocenters. The van der Waals surface area contributed by atoms with Gasteiger partial charge in [0.25, 0.3) is 0 Å². The molecule has 0 unspecified atom stereocenters. The van der Waals surface area contributed by atoms with E-state index in [0.29, 0.717) is 6.54 Å². The average molecular weight is 373 g/mol. The molecular formula is C19H21BrN2O. The highest BCUT2D eigenvalue weighted by atomic mass is 79.9. The maximum absolute atomic E-state index is 12.4. The van der Waals surface area contributed by atoms with Crippen LogP contribution >= 0.6 is 15.9 Å². The normalized spacial score (nSPS) is 14.4. The zero-order valence-electron chi connectivity index (χ0n) is 13.5. The van der Waals surface area contributed by atoms with Crippen molar-refractivity contribution in [3.8, 4) is 0 Å². The van der Waals surface area contributed by atoms with E-state index in [4.69, 9.17) is 0 Å². The van der Waals surface area contributed by atoms with Crippen molar-refractivity contribution in [3.63, 3.8) is 0 Å². The van der Waals surface area contributed by atoms with Gasteiger partial charge in [0, 0.05) is 17.6 Å². The van der Waals surface area contributed by atoms with E-state index in [0.717, 1.165) is 29.7 Å². The van der Waals surface area contributed by atoms with Crippen molar-refractivity contribution >= 4 is 27.5 Å². The lowest BCUT2D eigenvalue weighted by Crippen LogP contribution is -2.37. The maximum Gasteiger partial charge on any atom is 0.238 e. The van der Waals surface area contributed by atoms with Gasteiger partial charge in [0.2, 0.25) is 5.91 Å². The number of rotatable bonds is 3. The van der Waals surface area contributed by atoms with Crippen LogP contribution in [-0.4, -0.2) is 23.9 Å². The highest BCUT2D eigenvalue weighted by molar-refractivity contribution is 9.10. The first-order valence-corrected chi connectivity index (χ1v) is 8.68. The van der Waals surface area contributed by atoms with Crippen molar-refractivity contribution in [2.24, 2.45) is 0 Å². The third-order valence-corrected chi connectivity index (χ3v) is 5.09. The molecule has 0 aliphatic carbocycles. The molecule has 0 fully saturated rings. The van der Waals surface area contributed by atoms with Gasteiger partial charge in [-0.15, -0.1) is 0 Å². The van der Waals surface area contributed by atoms with E-state index >= 15 is 0 Å². The number of nitrogens with zero attached hydrogens (tertiary/aromatic N) is 1. The quantitative estimate of drug-likeness (QED) is 0.880. The Labute approximate surface area is 145 Å². The largest absolute Gasteiger partial charge is 0.324 e. The fraction of sp³-hybridized carbons (Fsp3) is 0.316. The van der Waals surface area contributed by atoms with Gasteiger partial charge in [-0.2, -0.15) is 0 Å². The van der Waals surface area contributed by atoms with E-state index in [9.17, 15) is 4.79 Å². The summed E-state index contributed by atoms with van der Waals surface area (Å²) in [7, 11) is 0. The van der Waals surface area contributed by atoms with E-state index in [1.165, 1.54) is 22.3 Å². The molecule has 3 rings (SSSR count). The predicted octanol–water partition coefficient (Wildman–Crippen LogP) is 4.06. The lowest BCUT2D eigenvalue weighted by Gasteiger charge is -2.28. The summed E-state index contributed by atoms with van der Waals surface area (Å²) in [5.74, 6) is 0.0355. The Morgan fingerprint density at radius 1 is 1.17 bits per heavy atom. The van der Waals surface area contributed by atoms with Crippen molar-refractivity contribution in [1.29, 1.82) is 0 Å². The molecule has 0 spiro atoms. The number of halogens is 1. The van der Waals surface area contributed by atoms with E-state index < -0.39 is 0 Å². The molecule has 1 aliphatic heterocycles. The van der Waals surface area contributed by atoms with Crippen LogP contribution in [0.25, 0.3) is 0 Å². The lowest BCUT2D eigenvalue weighted by molar-refractivity contribution is -0.117. The molecular weight excluding hydrogens is 352 g/mol. The van der Waals surface area contributed by atoms with Crippen LogP contribution in [0, 0.1) is 13.8 Å². The van der Waals surface area contributed by atoms with Gasteiger partial charge in [-0.05, 0) is 70.6 Å². The number of fused-ring (bicyclic) bond motifs is 1. The second-order valence-corrected chi connectivity index (χ2v) is 7.05. The molecule has 0 saturated heterocycles. The SMILES string of the molecule is Cc1cc(Br)c(NC(=O)CN2CCc3ccccc3C2)cc1C. The minimum absolute atomic E-state index is 0.0355. The monoisotopic (exact) mass is 372 g/mol. The second kappa shape index (κ2) is 6.85. The van der Waals surface area contributed by atoms with Crippen molar-refractivity contribution in [2.75, 3.05) is 18.4 Å². The number of amides is 1. The molecule has 1 heterocycles. The Bertz CT molecular complexity index is 742. The Balaban J connectivity index is 1.64. The average Bonchev–Trinajstić information content (AvgIpc) is 2.52. The summed E-state index contributed by atoms with van der Waals surface area (Å²) >= 11 is 3.53. The summed E-state index contributed by atoms with van der Waals surface area (Å²) in [4.78, 5) is 14.6. The summed E-state index contributed by atoms with van der Waals surface area (Å²) in [6, 6.07) is 12.5. The van der Waals surface area contributed by atoms with Gasteiger partial charge in [0.1, 0.15) is 0 Å². The summed E-state index contributed by atoms with van der Waals surface area (Å²) in [6.07, 6.45) is 1.01. The van der Waals surface area contributed by atoms with Crippen molar-refractivity contribution in [2.45, 2.75) is 26.8 Å². The summed E-state index contributed by atoms with van der Waals surface area (Å²) in [6.45, 7) is 6.32. The Morgan fingerprint density at radius 3 is 2.65 bits per heavy atom. The van der Waals surface area contributed by atoms with Crippen LogP contribution in [0.1, 0.15) is 22.3 Å². The van der Waals surface area contributed by atoms with Gasteiger partial charge in [0.05, 0.1) is 12.2 Å². The molecule has 4 heteroatoms. The fourth-order valence-corrected chi connectivity index (χ4v) is 3.52. The van der Waals surface area contributed by atoms with E-state index in [1.807, 2.05) is 12.1 Å². The first kappa shape index (κ1) is 16.2. The van der Waals surface area contributed by atoms with Gasteiger partial charge in [-0.3, -0.25) is 9.69 Å². The van der Waals surface area contributed by atoms with Gasteiger partial charge in [0.15, 0.2) is 0 Å². The summed E-state index contributed by atoms with van der Waals surface area (Å²) in [5, 5.41) is 3.02. The van der Waals surface area contributed by atoms with Crippen LogP contribution in [0.4, 0.5) is 5.69 Å². The number of benzene rings is 2. The zero-order chi connectivity index (χ0) is 16.4. The van der Waals surface area contributed by atoms with Crippen LogP contribution in [0.3, 0.4) is 0 Å². The Morgan fingerprint density at radius 2 is 1.87 bits per heavy atom. The molecule has 2 aromatic carbocycles. The third kappa shape index (κ3) is 3.82. The van der Waals surface area contributed by atoms with Crippen LogP contribution in [0.15, 0.2) is 40.9 Å². The first-order chi connectivity index (χ1) is 11.0. The number of carbonyl (C=O) groups is 1. The number of aryl methyl sites for hydroxylation is 2. The maximum atomic E-state index is 12.4. The molecule has 0 aromatic heterocycles. The summed E-state index contributed by atoms with van der Waals surface area (Å²) in [5.41, 5.74) is 5.97. The minimum atomic E-state index is 0.0355. The van der Waals surface area contributed by atoms with E-state index in [2.05, 4.69) is 64.3 Å². The van der Waals surface area contributed by atoms with Gasteiger partial charge in [-0.25, -0.2) is 0 Å². The number of anilines is 1. The van der Waals surface area contributed by atoms with Crippen LogP contribution in [0.5, 0.6) is 0 Å². The molecule has 1 amide bonds. The van der Waals surface area contributed by atoms with Crippen LogP contribution in [-0.2, 0) is 17.8 Å². The fourth-order valence-electron chi connectivity index (χ4n) is 2.96. The number of nitrogens with one attached hydrogen (secondary N) is 1. The Kier molecular flexibility index (Phi) is 4.83. The highest BCUT2D eigenvalue weighted by Crippen LogP contribution is 2.26. The summed E-state index contributed by atoms with van der Waals surface area (Å²) < 4.78 is 0.929. The zero-order valence-corrected chi connectivity index (χ0v) is 15.1. The van der Waals surface area contributed by atoms with Crippen LogP contribution < -0.4 is 5.32 Å². The lowest BCUT2D eigenvalue weighted by atomic mass is 10.00. The van der Waals surface area contributed by atoms with Gasteiger partial charge >= 0.3 is 0 Å². The molecule has 120 valence electrons. The highest BCUT2D eigenvalue weighted by Gasteiger charge is 2.18. The van der Waals surface area contributed by atoms with Crippen molar-refractivity contribution in [3.05, 3.63) is 63.1 Å². The third-order valence-electron chi connectivity index (χ3n) is 4.43.